The molecule has 6 nitrogen and oxygen atoms in total. The molecule has 0 amide bonds. The predicted octanol–water partition coefficient (Wildman–Crippen LogP) is 3.75. The van der Waals surface area contributed by atoms with Crippen LogP contribution in [0.4, 0.5) is 0 Å². The van der Waals surface area contributed by atoms with Crippen LogP contribution in [0.2, 0.25) is 0 Å². The molecule has 4 rings (SSSR count). The molecule has 0 spiro atoms. The fourth-order valence-electron chi connectivity index (χ4n) is 5.04. The summed E-state index contributed by atoms with van der Waals surface area (Å²) in [6.07, 6.45) is 4.98. The predicted molar refractivity (Wildman–Crippen MR) is 137 cm³/mol. The Labute approximate surface area is 208 Å². The largest absolute Gasteiger partial charge is 0.380 e. The van der Waals surface area contributed by atoms with Crippen molar-refractivity contribution in [2.75, 3.05) is 20.1 Å². The Morgan fingerprint density at radius 1 is 1.06 bits per heavy atom. The first-order valence-electron chi connectivity index (χ1n) is 12.0. The van der Waals surface area contributed by atoms with Crippen molar-refractivity contribution in [2.45, 2.75) is 51.7 Å². The van der Waals surface area contributed by atoms with E-state index in [0.29, 0.717) is 28.6 Å². The number of aliphatic hydroxyl groups is 2. The maximum absolute atomic E-state index is 12.4. The maximum atomic E-state index is 12.4. The van der Waals surface area contributed by atoms with Crippen LogP contribution in [0.5, 0.6) is 0 Å². The lowest BCUT2D eigenvalue weighted by atomic mass is 9.62. The van der Waals surface area contributed by atoms with Gasteiger partial charge in [0, 0.05) is 48.2 Å². The minimum atomic E-state index is -1.45. The lowest BCUT2D eigenvalue weighted by Crippen LogP contribution is -2.63. The molecule has 1 unspecified atom stereocenters. The number of rotatable bonds is 5. The molecule has 0 saturated carbocycles. The molecule has 3 aromatic rings. The van der Waals surface area contributed by atoms with Crippen molar-refractivity contribution in [1.29, 1.82) is 0 Å². The summed E-state index contributed by atoms with van der Waals surface area (Å²) < 4.78 is 0. The van der Waals surface area contributed by atoms with E-state index in [1.807, 2.05) is 18.2 Å². The summed E-state index contributed by atoms with van der Waals surface area (Å²) in [7, 11) is 2.06. The zero-order valence-electron chi connectivity index (χ0n) is 21.4. The van der Waals surface area contributed by atoms with Gasteiger partial charge in [-0.1, -0.05) is 56.9 Å². The molecule has 1 fully saturated rings. The number of aryl methyl sites for hydroxylation is 1. The summed E-state index contributed by atoms with van der Waals surface area (Å²) in [4.78, 5) is 15.0. The van der Waals surface area contributed by atoms with Gasteiger partial charge in [-0.2, -0.15) is 0 Å². The number of nitrogens with zero attached hydrogens (tertiary/aromatic N) is 4. The van der Waals surface area contributed by atoms with Crippen LogP contribution in [0.25, 0.3) is 0 Å². The molecular formula is C29H34N4O2. The molecule has 1 aliphatic rings. The second kappa shape index (κ2) is 9.16. The average molecular weight is 471 g/mol. The normalized spacial score (nSPS) is 18.7. The Hall–Kier alpha value is -3.11. The standard InChI is InChI=1S/C29H34N4O2/c1-20(2)23-7-9-24(10-8-23)29(35,27(4)18-33(6)19-27)25-15-22(16-30-17-25)11-13-28(5,34)26-12-14-31-21(3)32-26/h7-10,12,14-17,20,34-35H,18-19H2,1-6H3/t28?,29-/m0/s1. The second-order valence-electron chi connectivity index (χ2n) is 10.5. The Bertz CT molecular complexity index is 1270. The quantitative estimate of drug-likeness (QED) is 0.553. The summed E-state index contributed by atoms with van der Waals surface area (Å²) in [5.74, 6) is 6.94. The smallest absolute Gasteiger partial charge is 0.165 e. The van der Waals surface area contributed by atoms with Crippen LogP contribution in [0.15, 0.2) is 55.0 Å². The summed E-state index contributed by atoms with van der Waals surface area (Å²) >= 11 is 0. The van der Waals surface area contributed by atoms with Gasteiger partial charge < -0.3 is 15.1 Å². The molecule has 3 heterocycles. The minimum Gasteiger partial charge on any atom is -0.380 e. The molecule has 2 atom stereocenters. The number of benzene rings is 1. The number of hydrogen-bond donors (Lipinski definition) is 2. The summed E-state index contributed by atoms with van der Waals surface area (Å²) in [6, 6.07) is 11.8. The molecule has 1 aromatic carbocycles. The van der Waals surface area contributed by atoms with Crippen LogP contribution in [-0.4, -0.2) is 50.2 Å². The summed E-state index contributed by atoms with van der Waals surface area (Å²) in [5.41, 5.74) is 0.727. The number of aromatic nitrogens is 3. The van der Waals surface area contributed by atoms with Crippen molar-refractivity contribution >= 4 is 0 Å². The first kappa shape index (κ1) is 25.0. The van der Waals surface area contributed by atoms with Crippen LogP contribution < -0.4 is 0 Å². The van der Waals surface area contributed by atoms with Gasteiger partial charge in [0.2, 0.25) is 0 Å². The van der Waals surface area contributed by atoms with E-state index in [-0.39, 0.29) is 0 Å². The van der Waals surface area contributed by atoms with E-state index in [1.54, 1.807) is 38.5 Å². The van der Waals surface area contributed by atoms with Gasteiger partial charge in [0.15, 0.2) is 5.60 Å². The molecular weight excluding hydrogens is 436 g/mol. The molecule has 0 radical (unpaired) electrons. The molecule has 2 aromatic heterocycles. The number of pyridine rings is 1. The summed E-state index contributed by atoms with van der Waals surface area (Å²) in [6.45, 7) is 11.3. The Morgan fingerprint density at radius 3 is 2.34 bits per heavy atom. The van der Waals surface area contributed by atoms with Crippen LogP contribution in [-0.2, 0) is 11.2 Å². The minimum absolute atomic E-state index is 0.390. The molecule has 0 aliphatic carbocycles. The Morgan fingerprint density at radius 2 is 1.74 bits per heavy atom. The monoisotopic (exact) mass is 470 g/mol. The molecule has 6 heteroatoms. The highest BCUT2D eigenvalue weighted by Crippen LogP contribution is 2.50. The van der Waals surface area contributed by atoms with E-state index >= 15 is 0 Å². The van der Waals surface area contributed by atoms with Gasteiger partial charge in [-0.05, 0) is 50.1 Å². The van der Waals surface area contributed by atoms with E-state index in [0.717, 1.165) is 18.7 Å². The molecule has 2 N–H and O–H groups in total. The van der Waals surface area contributed by atoms with Crippen molar-refractivity contribution in [3.05, 3.63) is 88.8 Å². The lowest BCUT2D eigenvalue weighted by Gasteiger charge is -2.55. The highest BCUT2D eigenvalue weighted by atomic mass is 16.3. The highest BCUT2D eigenvalue weighted by Gasteiger charge is 2.55. The van der Waals surface area contributed by atoms with E-state index in [4.69, 9.17) is 0 Å². The van der Waals surface area contributed by atoms with Gasteiger partial charge in [-0.25, -0.2) is 9.97 Å². The highest BCUT2D eigenvalue weighted by molar-refractivity contribution is 5.45. The maximum Gasteiger partial charge on any atom is 0.165 e. The summed E-state index contributed by atoms with van der Waals surface area (Å²) in [5, 5.41) is 23.3. The fourth-order valence-corrected chi connectivity index (χ4v) is 5.04. The Balaban J connectivity index is 1.75. The molecule has 182 valence electrons. The fraction of sp³-hybridized carbons (Fsp3) is 0.414. The van der Waals surface area contributed by atoms with E-state index in [1.165, 1.54) is 5.56 Å². The Kier molecular flexibility index (Phi) is 6.54. The molecule has 1 saturated heterocycles. The molecule has 1 aliphatic heterocycles. The SMILES string of the molecule is Cc1nccc(C(C)(O)C#Cc2cncc([C@@](O)(c3ccc(C(C)C)cc3)C3(C)CN(C)C3)c2)n1. The first-order chi connectivity index (χ1) is 16.4. The number of likely N-dealkylation sites (tertiary alicyclic amines) is 1. The van der Waals surface area contributed by atoms with Gasteiger partial charge >= 0.3 is 0 Å². The third-order valence-electron chi connectivity index (χ3n) is 6.99. The van der Waals surface area contributed by atoms with Crippen molar-refractivity contribution < 1.29 is 10.2 Å². The van der Waals surface area contributed by atoms with Gasteiger partial charge in [-0.3, -0.25) is 4.98 Å². The van der Waals surface area contributed by atoms with Crippen LogP contribution in [0.1, 0.15) is 67.4 Å². The topological polar surface area (TPSA) is 82.4 Å². The van der Waals surface area contributed by atoms with E-state index in [9.17, 15) is 10.2 Å². The lowest BCUT2D eigenvalue weighted by molar-refractivity contribution is -0.127. The van der Waals surface area contributed by atoms with Gasteiger partial charge in [0.1, 0.15) is 11.4 Å². The zero-order chi connectivity index (χ0) is 25.4. The average Bonchev–Trinajstić information content (AvgIpc) is 2.81. The van der Waals surface area contributed by atoms with Crippen molar-refractivity contribution in [3.63, 3.8) is 0 Å². The van der Waals surface area contributed by atoms with Gasteiger partial charge in [-0.15, -0.1) is 0 Å². The molecule has 0 bridgehead atoms. The van der Waals surface area contributed by atoms with Crippen LogP contribution >= 0.6 is 0 Å². The van der Waals surface area contributed by atoms with Crippen molar-refractivity contribution in [3.8, 4) is 11.8 Å². The third-order valence-corrected chi connectivity index (χ3v) is 6.99. The van der Waals surface area contributed by atoms with Crippen LogP contribution in [0.3, 0.4) is 0 Å². The zero-order valence-corrected chi connectivity index (χ0v) is 21.4. The van der Waals surface area contributed by atoms with Crippen molar-refractivity contribution in [2.24, 2.45) is 5.41 Å². The number of hydrogen-bond acceptors (Lipinski definition) is 6. The van der Waals surface area contributed by atoms with E-state index in [2.05, 4.69) is 71.6 Å². The molecule has 35 heavy (non-hydrogen) atoms. The third kappa shape index (κ3) is 4.72. The van der Waals surface area contributed by atoms with Crippen LogP contribution in [0, 0.1) is 24.2 Å². The first-order valence-corrected chi connectivity index (χ1v) is 12.0. The van der Waals surface area contributed by atoms with Crippen molar-refractivity contribution in [1.82, 2.24) is 19.9 Å². The van der Waals surface area contributed by atoms with E-state index < -0.39 is 16.6 Å². The van der Waals surface area contributed by atoms with Gasteiger partial charge in [0.25, 0.3) is 0 Å². The second-order valence-corrected chi connectivity index (χ2v) is 10.5. The van der Waals surface area contributed by atoms with Gasteiger partial charge in [0.05, 0.1) is 5.69 Å².